The van der Waals surface area contributed by atoms with Gasteiger partial charge in [-0.1, -0.05) is 65.8 Å². The van der Waals surface area contributed by atoms with Gasteiger partial charge in [0.1, 0.15) is 5.78 Å². The number of benzene rings is 1. The van der Waals surface area contributed by atoms with Crippen molar-refractivity contribution in [3.8, 4) is 0 Å². The summed E-state index contributed by atoms with van der Waals surface area (Å²) in [6, 6.07) is 9.60. The molecular weight excluding hydrogens is 546 g/mol. The summed E-state index contributed by atoms with van der Waals surface area (Å²) in [6.07, 6.45) is 7.15. The van der Waals surface area contributed by atoms with Gasteiger partial charge in [-0.3, -0.25) is 4.79 Å². The summed E-state index contributed by atoms with van der Waals surface area (Å²) >= 11 is 0. The van der Waals surface area contributed by atoms with Crippen LogP contribution in [0.5, 0.6) is 0 Å². The zero-order chi connectivity index (χ0) is 33.4. The number of hydrogen-bond acceptors (Lipinski definition) is 4. The second-order valence-corrected chi connectivity index (χ2v) is 14.7. The minimum absolute atomic E-state index is 0.104. The summed E-state index contributed by atoms with van der Waals surface area (Å²) in [5.74, 6) is 2.62. The summed E-state index contributed by atoms with van der Waals surface area (Å²) in [4.78, 5) is 27.7. The third kappa shape index (κ3) is 16.4. The third-order valence-electron chi connectivity index (χ3n) is 8.78. The third-order valence-corrected chi connectivity index (χ3v) is 8.78. The Kier molecular flexibility index (Phi) is 19.1. The molecule has 2 fully saturated rings. The molecule has 2 saturated heterocycles. The predicted molar refractivity (Wildman–Crippen MR) is 187 cm³/mol. The van der Waals surface area contributed by atoms with Gasteiger partial charge in [-0.05, 0) is 103 Å². The van der Waals surface area contributed by atoms with E-state index in [1.807, 2.05) is 32.6 Å². The van der Waals surface area contributed by atoms with Crippen LogP contribution in [0.15, 0.2) is 24.3 Å². The molecule has 2 amide bonds. The molecule has 0 aliphatic carbocycles. The number of carbonyl (C=O) groups excluding carboxylic acids is 2. The summed E-state index contributed by atoms with van der Waals surface area (Å²) < 4.78 is 5.79. The Morgan fingerprint density at radius 1 is 0.841 bits per heavy atom. The highest BCUT2D eigenvalue weighted by molar-refractivity contribution is 5.80. The summed E-state index contributed by atoms with van der Waals surface area (Å²) in [5.41, 5.74) is 2.63. The Morgan fingerprint density at radius 2 is 1.43 bits per heavy atom. The first-order chi connectivity index (χ1) is 20.6. The summed E-state index contributed by atoms with van der Waals surface area (Å²) in [6.45, 7) is 29.9. The molecule has 0 saturated carbocycles. The minimum atomic E-state index is 0.104. The van der Waals surface area contributed by atoms with E-state index in [1.54, 1.807) is 0 Å². The van der Waals surface area contributed by atoms with Crippen molar-refractivity contribution in [1.29, 1.82) is 0 Å². The fourth-order valence-corrected chi connectivity index (χ4v) is 5.68. The Morgan fingerprint density at radius 3 is 1.89 bits per heavy atom. The molecule has 6 nitrogen and oxygen atoms in total. The van der Waals surface area contributed by atoms with Crippen LogP contribution in [0.1, 0.15) is 132 Å². The number of aryl methyl sites for hydroxylation is 1. The monoisotopic (exact) mass is 616 g/mol. The quantitative estimate of drug-likeness (QED) is 0.286. The standard InChI is InChI=1S/C15H22O.C12H24N2O.C11H23NO/c1-11(2)14-7-5-6-13(10-14)8-9-15(16)12(3)4;1-9(2)11-5-7-14(8-6-11)12(15)13-10(3)4;1-9(2)12-7-5-11(6-8-12)13-10(3)4/h5-7,10-12H,8-9H2,1-4H3;9-11H,5-8H2,1-4H3,(H,13,15);9-11H,5-8H2,1-4H3. The van der Waals surface area contributed by atoms with Gasteiger partial charge in [-0.25, -0.2) is 4.79 Å². The lowest BCUT2D eigenvalue weighted by Gasteiger charge is -2.35. The van der Waals surface area contributed by atoms with Crippen molar-refractivity contribution in [2.75, 3.05) is 26.2 Å². The molecule has 254 valence electrons. The number of likely N-dealkylation sites (tertiary alicyclic amines) is 2. The molecule has 0 bridgehead atoms. The van der Waals surface area contributed by atoms with Crippen LogP contribution in [-0.4, -0.2) is 72.1 Å². The van der Waals surface area contributed by atoms with Crippen molar-refractivity contribution >= 4 is 11.8 Å². The highest BCUT2D eigenvalue weighted by atomic mass is 16.5. The van der Waals surface area contributed by atoms with Crippen LogP contribution < -0.4 is 5.32 Å². The lowest BCUT2D eigenvalue weighted by molar-refractivity contribution is -0.121. The molecular formula is C38H69N3O3. The Labute approximate surface area is 272 Å². The van der Waals surface area contributed by atoms with Crippen LogP contribution in [0, 0.1) is 17.8 Å². The Bertz CT molecular complexity index is 925. The maximum atomic E-state index is 11.7. The van der Waals surface area contributed by atoms with Crippen LogP contribution in [-0.2, 0) is 16.0 Å². The first-order valence-corrected chi connectivity index (χ1v) is 17.7. The van der Waals surface area contributed by atoms with Crippen LogP contribution >= 0.6 is 0 Å². The van der Waals surface area contributed by atoms with E-state index in [-0.39, 0.29) is 18.0 Å². The van der Waals surface area contributed by atoms with E-state index < -0.39 is 0 Å². The molecule has 1 aromatic rings. The fraction of sp³-hybridized carbons (Fsp3) is 0.789. The SMILES string of the molecule is CC(C)C(=O)CCc1cccc(C(C)C)c1.CC(C)NC(=O)N1CCC(C(C)C)CC1.CC(C)OC1CCN(C(C)C)CC1. The number of carbonyl (C=O) groups is 2. The van der Waals surface area contributed by atoms with Gasteiger partial charge in [0, 0.05) is 50.6 Å². The fourth-order valence-electron chi connectivity index (χ4n) is 5.68. The van der Waals surface area contributed by atoms with Crippen molar-refractivity contribution in [2.24, 2.45) is 17.8 Å². The van der Waals surface area contributed by atoms with E-state index in [2.05, 4.69) is 89.9 Å². The van der Waals surface area contributed by atoms with Gasteiger partial charge in [0.15, 0.2) is 0 Å². The Hall–Kier alpha value is -1.92. The second-order valence-electron chi connectivity index (χ2n) is 14.7. The van der Waals surface area contributed by atoms with Crippen LogP contribution in [0.25, 0.3) is 0 Å². The van der Waals surface area contributed by atoms with E-state index in [9.17, 15) is 9.59 Å². The van der Waals surface area contributed by atoms with Gasteiger partial charge >= 0.3 is 6.03 Å². The van der Waals surface area contributed by atoms with E-state index in [0.29, 0.717) is 36.4 Å². The molecule has 0 unspecified atom stereocenters. The average molecular weight is 616 g/mol. The molecule has 0 spiro atoms. The summed E-state index contributed by atoms with van der Waals surface area (Å²) in [5, 5.41) is 2.94. The maximum Gasteiger partial charge on any atom is 0.317 e. The van der Waals surface area contributed by atoms with Gasteiger partial charge in [0.05, 0.1) is 12.2 Å². The van der Waals surface area contributed by atoms with E-state index >= 15 is 0 Å². The first kappa shape index (κ1) is 40.1. The van der Waals surface area contributed by atoms with Gasteiger partial charge in [0.25, 0.3) is 0 Å². The normalized spacial score (nSPS) is 16.8. The van der Waals surface area contributed by atoms with Crippen molar-refractivity contribution < 1.29 is 14.3 Å². The lowest BCUT2D eigenvalue weighted by atomic mass is 9.87. The molecule has 1 aromatic carbocycles. The molecule has 0 radical (unpaired) electrons. The number of amides is 2. The topological polar surface area (TPSA) is 61.9 Å². The van der Waals surface area contributed by atoms with Crippen LogP contribution in [0.2, 0.25) is 0 Å². The van der Waals surface area contributed by atoms with Crippen LogP contribution in [0.3, 0.4) is 0 Å². The zero-order valence-electron chi connectivity index (χ0n) is 30.6. The van der Waals surface area contributed by atoms with Gasteiger partial charge in [-0.2, -0.15) is 0 Å². The number of ether oxygens (including phenoxy) is 1. The van der Waals surface area contributed by atoms with Crippen molar-refractivity contribution in [2.45, 2.75) is 152 Å². The van der Waals surface area contributed by atoms with E-state index in [0.717, 1.165) is 44.2 Å². The van der Waals surface area contributed by atoms with Crippen molar-refractivity contribution in [1.82, 2.24) is 15.1 Å². The lowest BCUT2D eigenvalue weighted by Crippen LogP contribution is -2.47. The number of piperidine rings is 2. The molecule has 6 heteroatoms. The summed E-state index contributed by atoms with van der Waals surface area (Å²) in [7, 11) is 0. The number of urea groups is 1. The minimum Gasteiger partial charge on any atom is -0.375 e. The zero-order valence-corrected chi connectivity index (χ0v) is 30.6. The highest BCUT2D eigenvalue weighted by Gasteiger charge is 2.24. The largest absolute Gasteiger partial charge is 0.375 e. The van der Waals surface area contributed by atoms with E-state index in [1.165, 1.54) is 37.1 Å². The molecule has 0 aromatic heterocycles. The van der Waals surface area contributed by atoms with Crippen molar-refractivity contribution in [3.05, 3.63) is 35.4 Å². The molecule has 44 heavy (non-hydrogen) atoms. The molecule has 3 rings (SSSR count). The number of nitrogens with one attached hydrogen (secondary N) is 1. The number of hydrogen-bond donors (Lipinski definition) is 1. The van der Waals surface area contributed by atoms with Gasteiger partial charge in [-0.15, -0.1) is 0 Å². The number of rotatable bonds is 10. The molecule has 2 aliphatic heterocycles. The molecule has 2 heterocycles. The predicted octanol–water partition coefficient (Wildman–Crippen LogP) is 8.72. The van der Waals surface area contributed by atoms with Gasteiger partial charge < -0.3 is 19.9 Å². The van der Waals surface area contributed by atoms with Gasteiger partial charge in [0.2, 0.25) is 0 Å². The maximum absolute atomic E-state index is 11.7. The highest BCUT2D eigenvalue weighted by Crippen LogP contribution is 2.24. The number of ketones is 1. The number of Topliss-reactive ketones (excluding diaryl/α,β-unsaturated/α-hetero) is 1. The average Bonchev–Trinajstić information content (AvgIpc) is 2.96. The molecule has 0 atom stereocenters. The second kappa shape index (κ2) is 21.0. The number of nitrogens with zero attached hydrogens (tertiary/aromatic N) is 2. The van der Waals surface area contributed by atoms with E-state index in [4.69, 9.17) is 4.74 Å². The molecule has 1 N–H and O–H groups in total. The first-order valence-electron chi connectivity index (χ1n) is 17.7. The van der Waals surface area contributed by atoms with Crippen LogP contribution in [0.4, 0.5) is 4.79 Å². The van der Waals surface area contributed by atoms with Crippen molar-refractivity contribution in [3.63, 3.8) is 0 Å². The Balaban J connectivity index is 0.000000332. The smallest absolute Gasteiger partial charge is 0.317 e. The molecule has 2 aliphatic rings.